The third-order valence-corrected chi connectivity index (χ3v) is 2.39. The average Bonchev–Trinajstić information content (AvgIpc) is 2.65. The van der Waals surface area contributed by atoms with Crippen LogP contribution >= 0.6 is 0 Å². The maximum atomic E-state index is 11.4. The molecule has 82 valence electrons. The van der Waals surface area contributed by atoms with Gasteiger partial charge in [-0.15, -0.1) is 0 Å². The predicted molar refractivity (Wildman–Crippen MR) is 57.4 cm³/mol. The van der Waals surface area contributed by atoms with Gasteiger partial charge in [0.15, 0.2) is 5.69 Å². The zero-order chi connectivity index (χ0) is 11.7. The second kappa shape index (κ2) is 3.77. The highest BCUT2D eigenvalue weighted by molar-refractivity contribution is 6.03. The number of fused-ring (bicyclic) bond motifs is 1. The monoisotopic (exact) mass is 218 g/mol. The van der Waals surface area contributed by atoms with Gasteiger partial charge in [-0.05, 0) is 12.1 Å². The zero-order valence-corrected chi connectivity index (χ0v) is 8.93. The van der Waals surface area contributed by atoms with Gasteiger partial charge in [0.05, 0.1) is 12.6 Å². The van der Waals surface area contributed by atoms with Crippen LogP contribution < -0.4 is 0 Å². The Balaban J connectivity index is 2.71. The van der Waals surface area contributed by atoms with E-state index < -0.39 is 5.97 Å². The molecule has 1 aromatic carbocycles. The van der Waals surface area contributed by atoms with Gasteiger partial charge in [-0.25, -0.2) is 4.79 Å². The Morgan fingerprint density at radius 2 is 2.25 bits per heavy atom. The van der Waals surface area contributed by atoms with Gasteiger partial charge in [0.2, 0.25) is 0 Å². The van der Waals surface area contributed by atoms with Gasteiger partial charge in [-0.2, -0.15) is 5.10 Å². The van der Waals surface area contributed by atoms with Crippen LogP contribution in [0.3, 0.4) is 0 Å². The van der Waals surface area contributed by atoms with Crippen molar-refractivity contribution in [2.45, 2.75) is 0 Å². The van der Waals surface area contributed by atoms with E-state index in [9.17, 15) is 9.59 Å². The van der Waals surface area contributed by atoms with Crippen molar-refractivity contribution in [3.63, 3.8) is 0 Å². The fourth-order valence-corrected chi connectivity index (χ4v) is 1.60. The largest absolute Gasteiger partial charge is 0.464 e. The molecule has 0 saturated carbocycles. The lowest BCUT2D eigenvalue weighted by Gasteiger charge is -1.95. The second-order valence-electron chi connectivity index (χ2n) is 3.36. The highest BCUT2D eigenvalue weighted by atomic mass is 16.5. The van der Waals surface area contributed by atoms with Gasteiger partial charge < -0.3 is 4.74 Å². The SMILES string of the molecule is COC(=O)c1nn(C)c2cc(C=O)ccc12. The Morgan fingerprint density at radius 1 is 1.50 bits per heavy atom. The van der Waals surface area contributed by atoms with Crippen LogP contribution in [-0.4, -0.2) is 29.1 Å². The molecule has 0 radical (unpaired) electrons. The summed E-state index contributed by atoms with van der Waals surface area (Å²) in [5.41, 5.74) is 1.54. The lowest BCUT2D eigenvalue weighted by atomic mass is 10.1. The molecule has 0 bridgehead atoms. The Bertz CT molecular complexity index is 572. The molecule has 0 amide bonds. The standard InChI is InChI=1S/C11H10N2O3/c1-13-9-5-7(6-14)3-4-8(9)10(12-13)11(15)16-2/h3-6H,1-2H3. The summed E-state index contributed by atoms with van der Waals surface area (Å²) in [6, 6.07) is 5.02. The third-order valence-electron chi connectivity index (χ3n) is 2.39. The van der Waals surface area contributed by atoms with Crippen LogP contribution in [0.4, 0.5) is 0 Å². The molecule has 0 aliphatic rings. The first kappa shape index (κ1) is 10.4. The Labute approximate surface area is 91.6 Å². The first-order valence-corrected chi connectivity index (χ1v) is 4.67. The Kier molecular flexibility index (Phi) is 2.44. The van der Waals surface area contributed by atoms with Crippen molar-refractivity contribution >= 4 is 23.2 Å². The van der Waals surface area contributed by atoms with Crippen molar-refractivity contribution in [1.82, 2.24) is 9.78 Å². The summed E-state index contributed by atoms with van der Waals surface area (Å²) in [7, 11) is 3.02. The molecule has 1 aromatic heterocycles. The van der Waals surface area contributed by atoms with Crippen LogP contribution in [0.5, 0.6) is 0 Å². The number of aldehydes is 1. The van der Waals surface area contributed by atoms with Gasteiger partial charge in [-0.3, -0.25) is 9.48 Å². The van der Waals surface area contributed by atoms with Crippen molar-refractivity contribution in [3.05, 3.63) is 29.5 Å². The third kappa shape index (κ3) is 1.46. The van der Waals surface area contributed by atoms with Gasteiger partial charge in [0.1, 0.15) is 6.29 Å². The second-order valence-corrected chi connectivity index (χ2v) is 3.36. The highest BCUT2D eigenvalue weighted by Gasteiger charge is 2.16. The van der Waals surface area contributed by atoms with E-state index in [1.54, 1.807) is 29.9 Å². The fourth-order valence-electron chi connectivity index (χ4n) is 1.60. The number of aryl methyl sites for hydroxylation is 1. The number of hydrogen-bond acceptors (Lipinski definition) is 4. The first-order chi connectivity index (χ1) is 7.67. The fraction of sp³-hybridized carbons (Fsp3) is 0.182. The van der Waals surface area contributed by atoms with Gasteiger partial charge >= 0.3 is 5.97 Å². The van der Waals surface area contributed by atoms with Crippen molar-refractivity contribution < 1.29 is 14.3 Å². The van der Waals surface area contributed by atoms with E-state index in [1.807, 2.05) is 0 Å². The molecule has 0 saturated heterocycles. The number of carbonyl (C=O) groups is 2. The molecule has 5 heteroatoms. The summed E-state index contributed by atoms with van der Waals surface area (Å²) in [6.07, 6.45) is 0.754. The van der Waals surface area contributed by atoms with Crippen molar-refractivity contribution in [3.8, 4) is 0 Å². The molecular weight excluding hydrogens is 208 g/mol. The number of ether oxygens (including phenoxy) is 1. The molecule has 0 unspecified atom stereocenters. The average molecular weight is 218 g/mol. The summed E-state index contributed by atoms with van der Waals surface area (Å²) < 4.78 is 6.18. The molecular formula is C11H10N2O3. The zero-order valence-electron chi connectivity index (χ0n) is 8.93. The van der Waals surface area contributed by atoms with E-state index in [0.29, 0.717) is 10.9 Å². The molecule has 0 fully saturated rings. The molecule has 5 nitrogen and oxygen atoms in total. The summed E-state index contributed by atoms with van der Waals surface area (Å²) >= 11 is 0. The van der Waals surface area contributed by atoms with E-state index in [-0.39, 0.29) is 5.69 Å². The van der Waals surface area contributed by atoms with Crippen molar-refractivity contribution in [2.24, 2.45) is 7.05 Å². The molecule has 1 heterocycles. The highest BCUT2D eigenvalue weighted by Crippen LogP contribution is 2.19. The Morgan fingerprint density at radius 3 is 2.88 bits per heavy atom. The van der Waals surface area contributed by atoms with Crippen molar-refractivity contribution in [2.75, 3.05) is 7.11 Å². The van der Waals surface area contributed by atoms with Gasteiger partial charge in [0, 0.05) is 18.0 Å². The minimum absolute atomic E-state index is 0.262. The minimum Gasteiger partial charge on any atom is -0.464 e. The maximum Gasteiger partial charge on any atom is 0.359 e. The van der Waals surface area contributed by atoms with Gasteiger partial charge in [0.25, 0.3) is 0 Å². The Hall–Kier alpha value is -2.17. The van der Waals surface area contributed by atoms with E-state index in [4.69, 9.17) is 0 Å². The summed E-state index contributed by atoms with van der Waals surface area (Å²) in [5, 5.41) is 4.74. The van der Waals surface area contributed by atoms with Crippen molar-refractivity contribution in [1.29, 1.82) is 0 Å². The molecule has 16 heavy (non-hydrogen) atoms. The number of hydrogen-bond donors (Lipinski definition) is 0. The first-order valence-electron chi connectivity index (χ1n) is 4.67. The number of aromatic nitrogens is 2. The molecule has 0 N–H and O–H groups in total. The normalized spacial score (nSPS) is 10.4. The number of nitrogens with zero attached hydrogens (tertiary/aromatic N) is 2. The van der Waals surface area contributed by atoms with Crippen LogP contribution in [0.2, 0.25) is 0 Å². The molecule has 2 aromatic rings. The van der Waals surface area contributed by atoms with E-state index in [1.165, 1.54) is 7.11 Å². The lowest BCUT2D eigenvalue weighted by molar-refractivity contribution is 0.0595. The minimum atomic E-state index is -0.482. The molecule has 0 aliphatic carbocycles. The summed E-state index contributed by atoms with van der Waals surface area (Å²) in [6.45, 7) is 0. The number of benzene rings is 1. The number of rotatable bonds is 2. The van der Waals surface area contributed by atoms with Crippen LogP contribution in [0.1, 0.15) is 20.8 Å². The van der Waals surface area contributed by atoms with Crippen LogP contribution in [0, 0.1) is 0 Å². The number of methoxy groups -OCH3 is 1. The smallest absolute Gasteiger partial charge is 0.359 e. The van der Waals surface area contributed by atoms with E-state index >= 15 is 0 Å². The van der Waals surface area contributed by atoms with Crippen LogP contribution in [0.15, 0.2) is 18.2 Å². The molecule has 0 spiro atoms. The van der Waals surface area contributed by atoms with E-state index in [0.717, 1.165) is 11.8 Å². The molecule has 0 atom stereocenters. The predicted octanol–water partition coefficient (Wildman–Crippen LogP) is 1.17. The number of carbonyl (C=O) groups excluding carboxylic acids is 2. The molecule has 0 aliphatic heterocycles. The van der Waals surface area contributed by atoms with E-state index in [2.05, 4.69) is 9.84 Å². The quantitative estimate of drug-likeness (QED) is 0.560. The van der Waals surface area contributed by atoms with Gasteiger partial charge in [-0.1, -0.05) is 6.07 Å². The summed E-state index contributed by atoms with van der Waals surface area (Å²) in [5.74, 6) is -0.482. The van der Waals surface area contributed by atoms with Crippen LogP contribution in [0.25, 0.3) is 10.9 Å². The maximum absolute atomic E-state index is 11.4. The number of esters is 1. The topological polar surface area (TPSA) is 61.2 Å². The lowest BCUT2D eigenvalue weighted by Crippen LogP contribution is -2.03. The van der Waals surface area contributed by atoms with Crippen LogP contribution in [-0.2, 0) is 11.8 Å². The summed E-state index contributed by atoms with van der Waals surface area (Å²) in [4.78, 5) is 22.1. The molecule has 2 rings (SSSR count).